The summed E-state index contributed by atoms with van der Waals surface area (Å²) < 4.78 is 12.8. The summed E-state index contributed by atoms with van der Waals surface area (Å²) in [7, 11) is 0. The Hall–Kier alpha value is -3.38. The summed E-state index contributed by atoms with van der Waals surface area (Å²) in [5.41, 5.74) is 14.2. The van der Waals surface area contributed by atoms with Crippen LogP contribution in [-0.2, 0) is 13.0 Å². The van der Waals surface area contributed by atoms with Gasteiger partial charge in [0.25, 0.3) is 0 Å². The topological polar surface area (TPSA) is 89.1 Å². The molecule has 0 amide bonds. The highest BCUT2D eigenvalue weighted by Gasteiger charge is 2.27. The second kappa shape index (κ2) is 8.87. The number of likely N-dealkylation sites (tertiary alicyclic amines) is 1. The SMILES string of the molecule is N=C/C(=C\N)C1=C(c2ccc3[nH]c(CN4CC(CF)C4)cc3c2)c2ccc(O)cc2CCC1. The van der Waals surface area contributed by atoms with Crippen LogP contribution in [0.15, 0.2) is 59.8 Å². The van der Waals surface area contributed by atoms with E-state index in [0.29, 0.717) is 0 Å². The number of fused-ring (bicyclic) bond motifs is 2. The van der Waals surface area contributed by atoms with Gasteiger partial charge in [-0.25, -0.2) is 0 Å². The van der Waals surface area contributed by atoms with Gasteiger partial charge in [0, 0.05) is 60.1 Å². The fourth-order valence-corrected chi connectivity index (χ4v) is 5.21. The molecule has 0 atom stereocenters. The number of halogens is 1. The number of phenolic OH excluding ortho intramolecular Hbond substituents is 1. The molecule has 2 aromatic carbocycles. The van der Waals surface area contributed by atoms with Crippen molar-refractivity contribution in [1.82, 2.24) is 9.88 Å². The molecule has 1 aliphatic carbocycles. The van der Waals surface area contributed by atoms with E-state index in [1.165, 1.54) is 12.4 Å². The molecule has 33 heavy (non-hydrogen) atoms. The van der Waals surface area contributed by atoms with E-state index in [-0.39, 0.29) is 18.3 Å². The van der Waals surface area contributed by atoms with Crippen molar-refractivity contribution in [2.75, 3.05) is 19.8 Å². The number of rotatable bonds is 6. The van der Waals surface area contributed by atoms with Gasteiger partial charge >= 0.3 is 0 Å². The third kappa shape index (κ3) is 4.07. The number of nitrogens with one attached hydrogen (secondary N) is 2. The minimum Gasteiger partial charge on any atom is -0.508 e. The molecule has 0 saturated carbocycles. The van der Waals surface area contributed by atoms with E-state index in [1.54, 1.807) is 6.07 Å². The molecule has 0 bridgehead atoms. The fraction of sp³-hybridized carbons (Fsp3) is 0.296. The lowest BCUT2D eigenvalue weighted by molar-refractivity contribution is 0.0728. The number of aromatic nitrogens is 1. The van der Waals surface area contributed by atoms with Crippen LogP contribution in [0.25, 0.3) is 16.5 Å². The van der Waals surface area contributed by atoms with Crippen LogP contribution in [0.5, 0.6) is 5.75 Å². The first kappa shape index (κ1) is 21.5. The standard InChI is InChI=1S/C27H29FN4O/c28-11-17-14-32(15-17)16-22-9-20-8-19(4-7-26(20)31-22)27-24(21(12-29)13-30)3-1-2-18-10-23(33)5-6-25(18)27/h4-10,12-13,17,29,31,33H,1-3,11,14-16,30H2/b21-13+,29-12?. The summed E-state index contributed by atoms with van der Waals surface area (Å²) >= 11 is 0. The van der Waals surface area contributed by atoms with Crippen molar-refractivity contribution in [2.45, 2.75) is 25.8 Å². The van der Waals surface area contributed by atoms with Crippen molar-refractivity contribution in [3.05, 3.63) is 82.2 Å². The van der Waals surface area contributed by atoms with Gasteiger partial charge in [0.05, 0.1) is 6.67 Å². The van der Waals surface area contributed by atoms with E-state index in [0.717, 1.165) is 88.9 Å². The molecule has 2 aliphatic rings. The molecule has 5 rings (SSSR count). The van der Waals surface area contributed by atoms with E-state index in [4.69, 9.17) is 11.1 Å². The number of hydrogen-bond donors (Lipinski definition) is 4. The molecule has 1 saturated heterocycles. The zero-order chi connectivity index (χ0) is 22.9. The quantitative estimate of drug-likeness (QED) is 0.408. The first-order valence-electron chi connectivity index (χ1n) is 11.5. The number of aromatic hydroxyl groups is 1. The number of aryl methyl sites for hydroxylation is 1. The minimum atomic E-state index is -0.238. The predicted molar refractivity (Wildman–Crippen MR) is 131 cm³/mol. The number of alkyl halides is 1. The Bertz CT molecular complexity index is 1270. The van der Waals surface area contributed by atoms with E-state index in [1.807, 2.05) is 12.1 Å². The maximum atomic E-state index is 12.8. The highest BCUT2D eigenvalue weighted by molar-refractivity contribution is 5.96. The third-order valence-electron chi connectivity index (χ3n) is 6.83. The second-order valence-electron chi connectivity index (χ2n) is 9.13. The Labute approximate surface area is 192 Å². The highest BCUT2D eigenvalue weighted by Crippen LogP contribution is 2.39. The van der Waals surface area contributed by atoms with E-state index in [2.05, 4.69) is 34.1 Å². The molecule has 1 aromatic heterocycles. The number of nitrogens with two attached hydrogens (primary N) is 1. The predicted octanol–water partition coefficient (Wildman–Crippen LogP) is 4.91. The van der Waals surface area contributed by atoms with Crippen LogP contribution in [0.4, 0.5) is 4.39 Å². The number of aromatic amines is 1. The molecule has 1 aliphatic heterocycles. The summed E-state index contributed by atoms with van der Waals surface area (Å²) in [6.45, 7) is 2.19. The van der Waals surface area contributed by atoms with E-state index in [9.17, 15) is 9.50 Å². The maximum Gasteiger partial charge on any atom is 0.115 e. The van der Waals surface area contributed by atoms with Gasteiger partial charge < -0.3 is 21.2 Å². The number of H-pyrrole nitrogens is 1. The summed E-state index contributed by atoms with van der Waals surface area (Å²) in [6.07, 6.45) is 5.43. The van der Waals surface area contributed by atoms with Crippen LogP contribution in [0.3, 0.4) is 0 Å². The van der Waals surface area contributed by atoms with Crippen LogP contribution in [0, 0.1) is 11.3 Å². The van der Waals surface area contributed by atoms with Crippen molar-refractivity contribution in [3.63, 3.8) is 0 Å². The van der Waals surface area contributed by atoms with Crippen molar-refractivity contribution in [2.24, 2.45) is 11.7 Å². The Morgan fingerprint density at radius 3 is 2.79 bits per heavy atom. The Kier molecular flexibility index (Phi) is 5.77. The third-order valence-corrected chi connectivity index (χ3v) is 6.83. The molecule has 5 N–H and O–H groups in total. The normalized spacial score (nSPS) is 17.7. The Morgan fingerprint density at radius 2 is 2.03 bits per heavy atom. The number of nitrogens with zero attached hydrogens (tertiary/aromatic N) is 1. The van der Waals surface area contributed by atoms with Gasteiger partial charge in [0.2, 0.25) is 0 Å². The van der Waals surface area contributed by atoms with Gasteiger partial charge in [0.15, 0.2) is 0 Å². The minimum absolute atomic E-state index is 0.180. The van der Waals surface area contributed by atoms with Crippen LogP contribution in [0.2, 0.25) is 0 Å². The fourth-order valence-electron chi connectivity index (χ4n) is 5.21. The Balaban J connectivity index is 1.58. The van der Waals surface area contributed by atoms with Crippen LogP contribution in [0.1, 0.15) is 35.2 Å². The second-order valence-corrected chi connectivity index (χ2v) is 9.13. The van der Waals surface area contributed by atoms with Crippen LogP contribution in [-0.4, -0.2) is 41.0 Å². The van der Waals surface area contributed by atoms with Crippen molar-refractivity contribution < 1.29 is 9.50 Å². The first-order chi connectivity index (χ1) is 16.1. The smallest absolute Gasteiger partial charge is 0.115 e. The molecule has 3 aromatic rings. The van der Waals surface area contributed by atoms with Gasteiger partial charge in [-0.3, -0.25) is 9.29 Å². The largest absolute Gasteiger partial charge is 0.508 e. The zero-order valence-corrected chi connectivity index (χ0v) is 18.6. The Morgan fingerprint density at radius 1 is 1.18 bits per heavy atom. The number of allylic oxidation sites excluding steroid dienone is 2. The van der Waals surface area contributed by atoms with E-state index >= 15 is 0 Å². The van der Waals surface area contributed by atoms with E-state index < -0.39 is 0 Å². The number of hydrogen-bond acceptors (Lipinski definition) is 4. The van der Waals surface area contributed by atoms with Crippen molar-refractivity contribution in [3.8, 4) is 5.75 Å². The molecule has 1 fully saturated rings. The van der Waals surface area contributed by atoms with Gasteiger partial charge in [-0.2, -0.15) is 0 Å². The van der Waals surface area contributed by atoms with Crippen LogP contribution >= 0.6 is 0 Å². The summed E-state index contributed by atoms with van der Waals surface area (Å²) in [4.78, 5) is 5.76. The van der Waals surface area contributed by atoms with Gasteiger partial charge in [-0.15, -0.1) is 0 Å². The lowest BCUT2D eigenvalue weighted by Crippen LogP contribution is -2.46. The van der Waals surface area contributed by atoms with Gasteiger partial charge in [0.1, 0.15) is 5.75 Å². The molecular formula is C27H29FN4O. The molecule has 0 spiro atoms. The molecular weight excluding hydrogens is 415 g/mol. The maximum absolute atomic E-state index is 12.8. The summed E-state index contributed by atoms with van der Waals surface area (Å²) in [5.74, 6) is 0.449. The lowest BCUT2D eigenvalue weighted by atomic mass is 9.87. The lowest BCUT2D eigenvalue weighted by Gasteiger charge is -2.37. The monoisotopic (exact) mass is 444 g/mol. The molecule has 6 heteroatoms. The molecule has 0 unspecified atom stereocenters. The molecule has 0 radical (unpaired) electrons. The van der Waals surface area contributed by atoms with Gasteiger partial charge in [-0.05, 0) is 77.4 Å². The summed E-state index contributed by atoms with van der Waals surface area (Å²) in [5, 5.41) is 19.1. The van der Waals surface area contributed by atoms with Crippen molar-refractivity contribution in [1.29, 1.82) is 5.41 Å². The molecule has 170 valence electrons. The number of phenols is 1. The van der Waals surface area contributed by atoms with Crippen LogP contribution < -0.4 is 5.73 Å². The average Bonchev–Trinajstić information content (AvgIpc) is 3.10. The average molecular weight is 445 g/mol. The number of benzene rings is 2. The highest BCUT2D eigenvalue weighted by atomic mass is 19.1. The molecule has 2 heterocycles. The summed E-state index contributed by atoms with van der Waals surface area (Å²) in [6, 6.07) is 14.1. The first-order valence-corrected chi connectivity index (χ1v) is 11.5. The zero-order valence-electron chi connectivity index (χ0n) is 18.6. The van der Waals surface area contributed by atoms with Crippen molar-refractivity contribution >= 4 is 22.7 Å². The van der Waals surface area contributed by atoms with Gasteiger partial charge in [-0.1, -0.05) is 12.1 Å². The molecule has 5 nitrogen and oxygen atoms in total.